The number of aliphatic hydroxyl groups is 1. The molecule has 2 N–H and O–H groups in total. The Morgan fingerprint density at radius 3 is 3.00 bits per heavy atom. The van der Waals surface area contributed by atoms with Crippen molar-refractivity contribution in [2.45, 2.75) is 64.7 Å². The van der Waals surface area contributed by atoms with Gasteiger partial charge in [-0.25, -0.2) is 0 Å². The summed E-state index contributed by atoms with van der Waals surface area (Å²) in [7, 11) is 0. The number of aliphatic hydroxyl groups excluding tert-OH is 1. The van der Waals surface area contributed by atoms with Gasteiger partial charge in [0.05, 0.1) is 12.7 Å². The topological polar surface area (TPSA) is 50.7 Å². The quantitative estimate of drug-likeness (QED) is 0.846. The lowest BCUT2D eigenvalue weighted by Crippen LogP contribution is -2.29. The summed E-state index contributed by atoms with van der Waals surface area (Å²) in [6, 6.07) is 4.27. The van der Waals surface area contributed by atoms with E-state index >= 15 is 0 Å². The molecule has 23 heavy (non-hydrogen) atoms. The minimum Gasteiger partial charge on any atom is -0.494 e. The monoisotopic (exact) mass is 319 g/mol. The van der Waals surface area contributed by atoms with Crippen LogP contribution in [0.25, 0.3) is 0 Å². The van der Waals surface area contributed by atoms with Crippen LogP contribution in [0.4, 0.5) is 0 Å². The first-order chi connectivity index (χ1) is 11.2. The van der Waals surface area contributed by atoms with Gasteiger partial charge in [0, 0.05) is 24.1 Å². The highest BCUT2D eigenvalue weighted by Crippen LogP contribution is 2.35. The lowest BCUT2D eigenvalue weighted by Gasteiger charge is -2.26. The maximum atomic E-state index is 9.78. The predicted octanol–water partition coefficient (Wildman–Crippen LogP) is 3.05. The van der Waals surface area contributed by atoms with E-state index in [9.17, 15) is 5.11 Å². The van der Waals surface area contributed by atoms with Gasteiger partial charge in [-0.05, 0) is 57.7 Å². The molecule has 0 saturated heterocycles. The Labute approximate surface area is 139 Å². The third kappa shape index (κ3) is 4.18. The number of hydrogen-bond acceptors (Lipinski definition) is 4. The molecule has 128 valence electrons. The van der Waals surface area contributed by atoms with Crippen molar-refractivity contribution in [1.82, 2.24) is 5.32 Å². The van der Waals surface area contributed by atoms with Gasteiger partial charge in [0.25, 0.3) is 0 Å². The molecule has 1 aliphatic heterocycles. The standard InChI is InChI=1S/C19H29NO3/c1-3-22-18-9-15-7-13(2)23-19(15)10-16(18)12-20-11-14-5-4-6-17(21)8-14/h9-10,13-14,17,20-21H,3-8,11-12H2,1-2H3. The van der Waals surface area contributed by atoms with E-state index in [2.05, 4.69) is 24.4 Å². The molecule has 1 aliphatic carbocycles. The highest BCUT2D eigenvalue weighted by molar-refractivity contribution is 5.48. The Balaban J connectivity index is 1.61. The smallest absolute Gasteiger partial charge is 0.124 e. The first kappa shape index (κ1) is 16.6. The van der Waals surface area contributed by atoms with Gasteiger partial charge in [-0.2, -0.15) is 0 Å². The molecule has 1 saturated carbocycles. The molecule has 0 amide bonds. The van der Waals surface area contributed by atoms with Gasteiger partial charge in [-0.15, -0.1) is 0 Å². The van der Waals surface area contributed by atoms with Gasteiger partial charge >= 0.3 is 0 Å². The maximum Gasteiger partial charge on any atom is 0.124 e. The van der Waals surface area contributed by atoms with Gasteiger partial charge in [0.2, 0.25) is 0 Å². The van der Waals surface area contributed by atoms with E-state index in [-0.39, 0.29) is 12.2 Å². The van der Waals surface area contributed by atoms with E-state index in [1.807, 2.05) is 6.92 Å². The van der Waals surface area contributed by atoms with Gasteiger partial charge < -0.3 is 19.9 Å². The molecule has 4 nitrogen and oxygen atoms in total. The van der Waals surface area contributed by atoms with Crippen LogP contribution < -0.4 is 14.8 Å². The second-order valence-electron chi connectivity index (χ2n) is 6.95. The van der Waals surface area contributed by atoms with Crippen LogP contribution in [-0.2, 0) is 13.0 Å². The van der Waals surface area contributed by atoms with Crippen molar-refractivity contribution in [1.29, 1.82) is 0 Å². The second kappa shape index (κ2) is 7.54. The maximum absolute atomic E-state index is 9.78. The normalized spacial score (nSPS) is 26.7. The molecule has 3 rings (SSSR count). The SMILES string of the molecule is CCOc1cc2c(cc1CNCC1CCCC(O)C1)OC(C)C2. The van der Waals surface area contributed by atoms with Crippen LogP contribution in [0.5, 0.6) is 11.5 Å². The molecule has 0 radical (unpaired) electrons. The first-order valence-electron chi connectivity index (χ1n) is 8.99. The number of ether oxygens (including phenoxy) is 2. The average Bonchev–Trinajstić information content (AvgIpc) is 2.87. The molecule has 0 aromatic heterocycles. The summed E-state index contributed by atoms with van der Waals surface area (Å²) in [5.41, 5.74) is 2.41. The zero-order chi connectivity index (χ0) is 16.2. The van der Waals surface area contributed by atoms with Crippen LogP contribution >= 0.6 is 0 Å². The van der Waals surface area contributed by atoms with Crippen molar-refractivity contribution < 1.29 is 14.6 Å². The van der Waals surface area contributed by atoms with Crippen molar-refractivity contribution in [2.75, 3.05) is 13.2 Å². The van der Waals surface area contributed by atoms with Crippen molar-refractivity contribution in [3.05, 3.63) is 23.3 Å². The highest BCUT2D eigenvalue weighted by atomic mass is 16.5. The average molecular weight is 319 g/mol. The zero-order valence-electron chi connectivity index (χ0n) is 14.3. The molecule has 3 atom stereocenters. The number of rotatable bonds is 6. The van der Waals surface area contributed by atoms with Crippen molar-refractivity contribution in [2.24, 2.45) is 5.92 Å². The van der Waals surface area contributed by atoms with Crippen molar-refractivity contribution >= 4 is 0 Å². The summed E-state index contributed by atoms with van der Waals surface area (Å²) in [4.78, 5) is 0. The Morgan fingerprint density at radius 2 is 2.22 bits per heavy atom. The molecular weight excluding hydrogens is 290 g/mol. The molecular formula is C19H29NO3. The van der Waals surface area contributed by atoms with E-state index in [0.29, 0.717) is 12.5 Å². The van der Waals surface area contributed by atoms with E-state index in [4.69, 9.17) is 9.47 Å². The number of hydrogen-bond donors (Lipinski definition) is 2. The van der Waals surface area contributed by atoms with Gasteiger partial charge in [-0.1, -0.05) is 6.42 Å². The third-order valence-corrected chi connectivity index (χ3v) is 4.88. The second-order valence-corrected chi connectivity index (χ2v) is 6.95. The summed E-state index contributed by atoms with van der Waals surface area (Å²) < 4.78 is 11.7. The molecule has 1 aromatic carbocycles. The fourth-order valence-electron chi connectivity index (χ4n) is 3.77. The van der Waals surface area contributed by atoms with E-state index in [1.165, 1.54) is 12.0 Å². The number of benzene rings is 1. The van der Waals surface area contributed by atoms with Gasteiger partial charge in [-0.3, -0.25) is 0 Å². The molecule has 0 spiro atoms. The molecule has 0 bridgehead atoms. The molecule has 1 fully saturated rings. The summed E-state index contributed by atoms with van der Waals surface area (Å²) >= 11 is 0. The van der Waals surface area contributed by atoms with Crippen LogP contribution in [0, 0.1) is 5.92 Å². The van der Waals surface area contributed by atoms with Crippen LogP contribution in [0.1, 0.15) is 50.7 Å². The Bertz CT molecular complexity index is 532. The third-order valence-electron chi connectivity index (χ3n) is 4.88. The minimum atomic E-state index is -0.107. The Hall–Kier alpha value is -1.26. The van der Waals surface area contributed by atoms with Crippen LogP contribution in [0.2, 0.25) is 0 Å². The van der Waals surface area contributed by atoms with Crippen molar-refractivity contribution in [3.63, 3.8) is 0 Å². The van der Waals surface area contributed by atoms with Crippen LogP contribution in [0.15, 0.2) is 12.1 Å². The van der Waals surface area contributed by atoms with Gasteiger partial charge in [0.1, 0.15) is 17.6 Å². The van der Waals surface area contributed by atoms with Crippen LogP contribution in [0.3, 0.4) is 0 Å². The summed E-state index contributed by atoms with van der Waals surface area (Å²) in [5, 5.41) is 13.3. The molecule has 1 heterocycles. The molecule has 1 aromatic rings. The number of nitrogens with one attached hydrogen (secondary N) is 1. The van der Waals surface area contributed by atoms with Crippen molar-refractivity contribution in [3.8, 4) is 11.5 Å². The largest absolute Gasteiger partial charge is 0.494 e. The Kier molecular flexibility index (Phi) is 5.44. The summed E-state index contributed by atoms with van der Waals surface area (Å²) in [6.45, 7) is 6.54. The molecule has 2 aliphatic rings. The van der Waals surface area contributed by atoms with Gasteiger partial charge in [0.15, 0.2) is 0 Å². The zero-order valence-corrected chi connectivity index (χ0v) is 14.3. The first-order valence-corrected chi connectivity index (χ1v) is 8.99. The van der Waals surface area contributed by atoms with E-state index < -0.39 is 0 Å². The number of fused-ring (bicyclic) bond motifs is 1. The minimum absolute atomic E-state index is 0.107. The fraction of sp³-hybridized carbons (Fsp3) is 0.684. The lowest BCUT2D eigenvalue weighted by molar-refractivity contribution is 0.101. The Morgan fingerprint density at radius 1 is 1.35 bits per heavy atom. The molecule has 3 unspecified atom stereocenters. The van der Waals surface area contributed by atoms with E-state index in [0.717, 1.165) is 55.8 Å². The fourth-order valence-corrected chi connectivity index (χ4v) is 3.77. The highest BCUT2D eigenvalue weighted by Gasteiger charge is 2.23. The van der Waals surface area contributed by atoms with Crippen LogP contribution in [-0.4, -0.2) is 30.5 Å². The lowest BCUT2D eigenvalue weighted by atomic mass is 9.87. The van der Waals surface area contributed by atoms with E-state index in [1.54, 1.807) is 0 Å². The molecule has 4 heteroatoms. The predicted molar refractivity (Wildman–Crippen MR) is 91.1 cm³/mol. The summed E-state index contributed by atoms with van der Waals surface area (Å²) in [6.07, 6.45) is 5.36. The summed E-state index contributed by atoms with van der Waals surface area (Å²) in [5.74, 6) is 2.56.